The minimum Gasteiger partial charge on any atom is -0.497 e. The number of sulfonamides is 1. The summed E-state index contributed by atoms with van der Waals surface area (Å²) in [6.45, 7) is 0. The van der Waals surface area contributed by atoms with Gasteiger partial charge >= 0.3 is 0 Å². The van der Waals surface area contributed by atoms with Crippen molar-refractivity contribution in [2.45, 2.75) is 4.90 Å². The molecular weight excluding hydrogens is 530 g/mol. The van der Waals surface area contributed by atoms with Crippen LogP contribution in [-0.4, -0.2) is 37.2 Å². The number of fused-ring (bicyclic) bond motifs is 1. The van der Waals surface area contributed by atoms with Gasteiger partial charge in [0.25, 0.3) is 15.6 Å². The minimum absolute atomic E-state index is 0.115. The van der Waals surface area contributed by atoms with Crippen molar-refractivity contribution in [2.24, 2.45) is 0 Å². The molecule has 1 N–H and O–H groups in total. The van der Waals surface area contributed by atoms with E-state index in [0.29, 0.717) is 39.2 Å². The van der Waals surface area contributed by atoms with Gasteiger partial charge in [-0.15, -0.1) is 0 Å². The van der Waals surface area contributed by atoms with Crippen LogP contribution in [-0.2, 0) is 10.0 Å². The number of ether oxygens (including phenoxy) is 2. The molecule has 198 valence electrons. The van der Waals surface area contributed by atoms with Crippen molar-refractivity contribution in [3.05, 3.63) is 101 Å². The van der Waals surface area contributed by atoms with Crippen LogP contribution in [0.2, 0.25) is 0 Å². The molecule has 5 rings (SSSR count). The first-order valence-electron chi connectivity index (χ1n) is 11.4. The normalized spacial score (nSPS) is 11.4. The van der Waals surface area contributed by atoms with E-state index in [0.717, 1.165) is 12.4 Å². The average molecular weight is 551 g/mol. The fraction of sp³-hybridized carbons (Fsp3) is 0.0741. The Morgan fingerprint density at radius 1 is 0.821 bits per heavy atom. The van der Waals surface area contributed by atoms with Crippen LogP contribution in [0.4, 0.5) is 14.7 Å². The lowest BCUT2D eigenvalue weighted by atomic mass is 10.0. The summed E-state index contributed by atoms with van der Waals surface area (Å²) < 4.78 is 67.2. The maximum Gasteiger partial charge on any atom is 0.264 e. The second-order valence-electron chi connectivity index (χ2n) is 8.32. The molecule has 2 heterocycles. The standard InChI is InChI=1S/C27H20F2N4O5S/c1-37-21-10-18(9-19(28)13-21)16-3-6-24(25(12-16)38-2)33-23-7-5-22(11-17(23)4-8-26(33)34)39(35,36)32-27-30-14-20(29)15-31-27/h3-15H,1-2H3,(H,30,31,32). The van der Waals surface area contributed by atoms with E-state index < -0.39 is 21.7 Å². The molecule has 9 nitrogen and oxygen atoms in total. The third-order valence-corrected chi connectivity index (χ3v) is 7.21. The van der Waals surface area contributed by atoms with Crippen LogP contribution in [0, 0.1) is 11.6 Å². The summed E-state index contributed by atoms with van der Waals surface area (Å²) in [4.78, 5) is 20.1. The zero-order valence-electron chi connectivity index (χ0n) is 20.6. The molecule has 3 aromatic carbocycles. The number of anilines is 1. The Hall–Kier alpha value is -4.84. The van der Waals surface area contributed by atoms with E-state index in [1.54, 1.807) is 24.3 Å². The van der Waals surface area contributed by atoms with Crippen molar-refractivity contribution in [1.29, 1.82) is 0 Å². The summed E-state index contributed by atoms with van der Waals surface area (Å²) in [6, 6.07) is 16.3. The number of hydrogen-bond donors (Lipinski definition) is 1. The SMILES string of the molecule is COc1cc(F)cc(-c2ccc(-n3c(=O)ccc4cc(S(=O)(=O)Nc5ncc(F)cn5)ccc43)c(OC)c2)c1. The van der Waals surface area contributed by atoms with E-state index in [4.69, 9.17) is 9.47 Å². The fourth-order valence-electron chi connectivity index (χ4n) is 4.07. The van der Waals surface area contributed by atoms with E-state index >= 15 is 0 Å². The lowest BCUT2D eigenvalue weighted by molar-refractivity contribution is 0.411. The zero-order valence-corrected chi connectivity index (χ0v) is 21.4. The molecule has 0 aliphatic heterocycles. The molecule has 0 unspecified atom stereocenters. The number of hydrogen-bond acceptors (Lipinski definition) is 7. The van der Waals surface area contributed by atoms with Gasteiger partial charge in [0.2, 0.25) is 5.95 Å². The highest BCUT2D eigenvalue weighted by molar-refractivity contribution is 7.92. The number of benzene rings is 3. The van der Waals surface area contributed by atoms with Crippen LogP contribution in [0.1, 0.15) is 0 Å². The molecular formula is C27H20F2N4O5S. The molecule has 0 radical (unpaired) electrons. The van der Waals surface area contributed by atoms with Gasteiger partial charge in [-0.05, 0) is 59.7 Å². The van der Waals surface area contributed by atoms with Gasteiger partial charge < -0.3 is 9.47 Å². The number of rotatable bonds is 7. The Bertz CT molecular complexity index is 1880. The Morgan fingerprint density at radius 2 is 1.59 bits per heavy atom. The van der Waals surface area contributed by atoms with Crippen molar-refractivity contribution in [2.75, 3.05) is 18.9 Å². The zero-order chi connectivity index (χ0) is 27.7. The second-order valence-corrected chi connectivity index (χ2v) is 10.0. The Morgan fingerprint density at radius 3 is 2.31 bits per heavy atom. The predicted octanol–water partition coefficient (Wildman–Crippen LogP) is 4.54. The largest absolute Gasteiger partial charge is 0.497 e. The molecule has 0 saturated carbocycles. The number of methoxy groups -OCH3 is 2. The molecule has 0 fully saturated rings. The first-order valence-corrected chi connectivity index (χ1v) is 12.9. The molecule has 0 spiro atoms. The summed E-state index contributed by atoms with van der Waals surface area (Å²) in [5.41, 5.74) is 1.61. The number of aromatic nitrogens is 3. The van der Waals surface area contributed by atoms with Crippen LogP contribution in [0.3, 0.4) is 0 Å². The van der Waals surface area contributed by atoms with Crippen LogP contribution in [0.5, 0.6) is 11.5 Å². The third-order valence-electron chi connectivity index (χ3n) is 5.88. The smallest absolute Gasteiger partial charge is 0.264 e. The van der Waals surface area contributed by atoms with Gasteiger partial charge in [0.1, 0.15) is 17.3 Å². The molecule has 5 aromatic rings. The van der Waals surface area contributed by atoms with E-state index in [2.05, 4.69) is 14.7 Å². The number of nitrogens with one attached hydrogen (secondary N) is 1. The highest BCUT2D eigenvalue weighted by atomic mass is 32.2. The van der Waals surface area contributed by atoms with Gasteiger partial charge in [-0.2, -0.15) is 0 Å². The molecule has 39 heavy (non-hydrogen) atoms. The topological polar surface area (TPSA) is 112 Å². The van der Waals surface area contributed by atoms with Gasteiger partial charge in [-0.1, -0.05) is 6.07 Å². The van der Waals surface area contributed by atoms with Crippen molar-refractivity contribution in [1.82, 2.24) is 14.5 Å². The number of nitrogens with zero attached hydrogens (tertiary/aromatic N) is 3. The number of halogens is 2. The van der Waals surface area contributed by atoms with Crippen LogP contribution < -0.4 is 19.8 Å². The molecule has 2 aromatic heterocycles. The van der Waals surface area contributed by atoms with Crippen LogP contribution >= 0.6 is 0 Å². The summed E-state index contributed by atoms with van der Waals surface area (Å²) in [5, 5.41) is 0.443. The van der Waals surface area contributed by atoms with E-state index in [1.165, 1.54) is 61.3 Å². The van der Waals surface area contributed by atoms with Gasteiger partial charge in [0.15, 0.2) is 5.82 Å². The lowest BCUT2D eigenvalue weighted by Crippen LogP contribution is -2.19. The maximum absolute atomic E-state index is 14.1. The van der Waals surface area contributed by atoms with E-state index in [1.807, 2.05) is 0 Å². The van der Waals surface area contributed by atoms with Gasteiger partial charge in [-0.25, -0.2) is 31.9 Å². The minimum atomic E-state index is -4.11. The van der Waals surface area contributed by atoms with Crippen molar-refractivity contribution < 1.29 is 26.7 Å². The van der Waals surface area contributed by atoms with Gasteiger partial charge in [0.05, 0.1) is 42.7 Å². The molecule has 0 aliphatic carbocycles. The van der Waals surface area contributed by atoms with E-state index in [-0.39, 0.29) is 16.4 Å². The lowest BCUT2D eigenvalue weighted by Gasteiger charge is -2.16. The predicted molar refractivity (Wildman–Crippen MR) is 141 cm³/mol. The first-order chi connectivity index (χ1) is 18.7. The van der Waals surface area contributed by atoms with Crippen LogP contribution in [0.25, 0.3) is 27.7 Å². The van der Waals surface area contributed by atoms with Crippen molar-refractivity contribution in [3.63, 3.8) is 0 Å². The summed E-state index contributed by atoms with van der Waals surface area (Å²) >= 11 is 0. The summed E-state index contributed by atoms with van der Waals surface area (Å²) in [7, 11) is -1.23. The molecule has 0 aliphatic rings. The third kappa shape index (κ3) is 5.14. The van der Waals surface area contributed by atoms with Crippen LogP contribution in [0.15, 0.2) is 88.8 Å². The maximum atomic E-state index is 14.1. The monoisotopic (exact) mass is 550 g/mol. The van der Waals surface area contributed by atoms with Crippen molar-refractivity contribution >= 4 is 26.9 Å². The highest BCUT2D eigenvalue weighted by Gasteiger charge is 2.19. The summed E-state index contributed by atoms with van der Waals surface area (Å²) in [6.07, 6.45) is 1.68. The molecule has 0 amide bonds. The Labute approximate surface area is 221 Å². The first kappa shape index (κ1) is 25.8. The highest BCUT2D eigenvalue weighted by Crippen LogP contribution is 2.33. The van der Waals surface area contributed by atoms with Gasteiger partial charge in [0, 0.05) is 17.5 Å². The summed E-state index contributed by atoms with van der Waals surface area (Å²) in [5.74, 6) is -0.784. The molecule has 12 heteroatoms. The van der Waals surface area contributed by atoms with E-state index in [9.17, 15) is 22.0 Å². The Kier molecular flexibility index (Phi) is 6.71. The average Bonchev–Trinajstić information content (AvgIpc) is 2.93. The molecule has 0 atom stereocenters. The number of pyridine rings is 1. The fourth-order valence-corrected chi connectivity index (χ4v) is 5.07. The Balaban J connectivity index is 1.58. The van der Waals surface area contributed by atoms with Crippen molar-refractivity contribution in [3.8, 4) is 28.3 Å². The second kappa shape index (κ2) is 10.1. The quantitative estimate of drug-likeness (QED) is 0.317. The molecule has 0 bridgehead atoms. The molecule has 0 saturated heterocycles. The van der Waals surface area contributed by atoms with Gasteiger partial charge in [-0.3, -0.25) is 9.36 Å².